The lowest BCUT2D eigenvalue weighted by molar-refractivity contribution is -0.133. The summed E-state index contributed by atoms with van der Waals surface area (Å²) in [4.78, 5) is 18.6. The first-order valence-corrected chi connectivity index (χ1v) is 11.7. The van der Waals surface area contributed by atoms with Crippen LogP contribution in [-0.2, 0) is 4.79 Å². The number of aromatic nitrogens is 1. The Morgan fingerprint density at radius 2 is 2.14 bits per heavy atom. The van der Waals surface area contributed by atoms with Gasteiger partial charge in [0.15, 0.2) is 11.4 Å². The Morgan fingerprint density at radius 1 is 1.37 bits per heavy atom. The first kappa shape index (κ1) is 23.4. The van der Waals surface area contributed by atoms with Crippen molar-refractivity contribution in [3.8, 4) is 11.5 Å². The van der Waals surface area contributed by atoms with E-state index in [0.717, 1.165) is 29.4 Å². The van der Waals surface area contributed by atoms with Crippen molar-refractivity contribution in [2.45, 2.75) is 37.8 Å². The van der Waals surface area contributed by atoms with E-state index in [1.165, 1.54) is 19.2 Å². The molecule has 5 rings (SSSR count). The number of nitrogens with zero attached hydrogens (tertiary/aromatic N) is 2. The van der Waals surface area contributed by atoms with Crippen LogP contribution in [0.4, 0.5) is 10.2 Å². The molecule has 1 fully saturated rings. The smallest absolute Gasteiger partial charge is 0.242 e. The second-order valence-corrected chi connectivity index (χ2v) is 9.37. The van der Waals surface area contributed by atoms with Gasteiger partial charge in [0.05, 0.1) is 34.9 Å². The molecule has 0 saturated heterocycles. The molecule has 184 valence electrons. The van der Waals surface area contributed by atoms with Gasteiger partial charge in [-0.3, -0.25) is 4.79 Å². The van der Waals surface area contributed by atoms with Crippen molar-refractivity contribution in [3.63, 3.8) is 0 Å². The maximum absolute atomic E-state index is 14.1. The summed E-state index contributed by atoms with van der Waals surface area (Å²) in [6.07, 6.45) is 6.70. The Hall–Kier alpha value is -3.30. The minimum atomic E-state index is -0.712. The topological polar surface area (TPSA) is 117 Å². The molecule has 3 heterocycles. The van der Waals surface area contributed by atoms with Crippen molar-refractivity contribution in [2.75, 3.05) is 25.9 Å². The summed E-state index contributed by atoms with van der Waals surface area (Å²) in [6.45, 7) is 2.78. The van der Waals surface area contributed by atoms with Gasteiger partial charge in [-0.25, -0.2) is 9.37 Å². The maximum atomic E-state index is 14.1. The standard InChI is InChI=1S/C25H26ClFN4O4/c1-13(19-18(33-2)4-3-17(27)20(19)26)35-22-21-15(11-30-23(22)28)16(12-34-21)14-5-9-31(10-6-14)24(32)25(29)7-8-25/h3-5,11-13H,6-10,29H2,1-2H3,(H2,28,30)/t13-/m1/s1. The number of benzene rings is 1. The Bertz CT molecular complexity index is 1350. The quantitative estimate of drug-likeness (QED) is 0.513. The van der Waals surface area contributed by atoms with Gasteiger partial charge >= 0.3 is 0 Å². The fraction of sp³-hybridized carbons (Fsp3) is 0.360. The zero-order chi connectivity index (χ0) is 24.9. The monoisotopic (exact) mass is 500 g/mol. The molecule has 1 aliphatic carbocycles. The van der Waals surface area contributed by atoms with E-state index in [1.807, 2.05) is 6.08 Å². The highest BCUT2D eigenvalue weighted by molar-refractivity contribution is 6.31. The third-order valence-corrected chi connectivity index (χ3v) is 7.06. The summed E-state index contributed by atoms with van der Waals surface area (Å²) in [5.41, 5.74) is 14.2. The molecule has 2 aliphatic rings. The van der Waals surface area contributed by atoms with E-state index < -0.39 is 17.5 Å². The van der Waals surface area contributed by atoms with Gasteiger partial charge in [-0.15, -0.1) is 0 Å². The molecule has 8 nitrogen and oxygen atoms in total. The van der Waals surface area contributed by atoms with Crippen LogP contribution in [0.15, 0.2) is 35.1 Å². The molecule has 3 aromatic rings. The van der Waals surface area contributed by atoms with Crippen LogP contribution in [0.1, 0.15) is 43.4 Å². The number of fused-ring (bicyclic) bond motifs is 1. The zero-order valence-corrected chi connectivity index (χ0v) is 20.2. The molecule has 0 spiro atoms. The van der Waals surface area contributed by atoms with Gasteiger partial charge in [0.2, 0.25) is 11.7 Å². The summed E-state index contributed by atoms with van der Waals surface area (Å²) < 4.78 is 31.5. The predicted molar refractivity (Wildman–Crippen MR) is 131 cm³/mol. The van der Waals surface area contributed by atoms with Crippen molar-refractivity contribution in [3.05, 3.63) is 52.6 Å². The number of amides is 1. The van der Waals surface area contributed by atoms with Gasteiger partial charge in [-0.1, -0.05) is 17.7 Å². The van der Waals surface area contributed by atoms with E-state index >= 15 is 0 Å². The normalized spacial score (nSPS) is 17.7. The van der Waals surface area contributed by atoms with E-state index in [1.54, 1.807) is 24.3 Å². The molecule has 0 unspecified atom stereocenters. The van der Waals surface area contributed by atoms with Crippen molar-refractivity contribution in [1.82, 2.24) is 9.88 Å². The first-order valence-electron chi connectivity index (χ1n) is 11.4. The minimum Gasteiger partial charge on any atom is -0.496 e. The number of nitrogens with two attached hydrogens (primary N) is 2. The van der Waals surface area contributed by atoms with Crippen molar-refractivity contribution in [1.29, 1.82) is 0 Å². The second-order valence-electron chi connectivity index (χ2n) is 8.99. The number of halogens is 2. The number of hydrogen-bond acceptors (Lipinski definition) is 7. The summed E-state index contributed by atoms with van der Waals surface area (Å²) in [7, 11) is 1.47. The SMILES string of the molecule is COc1ccc(F)c(Cl)c1[C@@H](C)Oc1c(N)ncc2c(C3=CCN(C(=O)C4(N)CC4)CC3)coc12. The number of ether oxygens (including phenoxy) is 2. The third kappa shape index (κ3) is 4.08. The van der Waals surface area contributed by atoms with E-state index in [9.17, 15) is 9.18 Å². The molecular weight excluding hydrogens is 475 g/mol. The van der Waals surface area contributed by atoms with Crippen LogP contribution in [0, 0.1) is 5.82 Å². The summed E-state index contributed by atoms with van der Waals surface area (Å²) in [5, 5.41) is 0.634. The molecular formula is C25H26ClFN4O4. The molecule has 2 aromatic heterocycles. The molecule has 0 bridgehead atoms. The predicted octanol–water partition coefficient (Wildman–Crippen LogP) is 4.46. The number of nitrogen functional groups attached to an aromatic ring is 1. The number of furan rings is 1. The van der Waals surface area contributed by atoms with Gasteiger partial charge in [0.1, 0.15) is 17.7 Å². The average molecular weight is 501 g/mol. The number of carbonyl (C=O) groups excluding carboxylic acids is 1. The largest absolute Gasteiger partial charge is 0.496 e. The highest BCUT2D eigenvalue weighted by Gasteiger charge is 2.48. The Balaban J connectivity index is 1.44. The van der Waals surface area contributed by atoms with Crippen LogP contribution in [0.5, 0.6) is 11.5 Å². The van der Waals surface area contributed by atoms with Crippen LogP contribution in [-0.4, -0.2) is 41.5 Å². The van der Waals surface area contributed by atoms with Crippen molar-refractivity contribution < 1.29 is 23.1 Å². The number of methoxy groups -OCH3 is 1. The van der Waals surface area contributed by atoms with Crippen LogP contribution in [0.2, 0.25) is 5.02 Å². The van der Waals surface area contributed by atoms with Gasteiger partial charge in [0, 0.05) is 24.8 Å². The fourth-order valence-electron chi connectivity index (χ4n) is 4.45. The molecule has 0 radical (unpaired) electrons. The molecule has 10 heteroatoms. The lowest BCUT2D eigenvalue weighted by Gasteiger charge is -2.28. The average Bonchev–Trinajstić information content (AvgIpc) is 3.46. The third-order valence-electron chi connectivity index (χ3n) is 6.67. The number of pyridine rings is 1. The summed E-state index contributed by atoms with van der Waals surface area (Å²) in [5.74, 6) is 0.177. The van der Waals surface area contributed by atoms with E-state index in [0.29, 0.717) is 36.4 Å². The highest BCUT2D eigenvalue weighted by atomic mass is 35.5. The first-order chi connectivity index (χ1) is 16.7. The van der Waals surface area contributed by atoms with E-state index in [4.69, 9.17) is 37.0 Å². The molecule has 1 saturated carbocycles. The second kappa shape index (κ2) is 8.73. The lowest BCUT2D eigenvalue weighted by Crippen LogP contribution is -2.47. The molecule has 1 aromatic carbocycles. The van der Waals surface area contributed by atoms with Crippen LogP contribution >= 0.6 is 11.6 Å². The zero-order valence-electron chi connectivity index (χ0n) is 19.4. The highest BCUT2D eigenvalue weighted by Crippen LogP contribution is 2.42. The van der Waals surface area contributed by atoms with Crippen LogP contribution in [0.25, 0.3) is 16.5 Å². The maximum Gasteiger partial charge on any atom is 0.242 e. The fourth-order valence-corrected chi connectivity index (χ4v) is 4.76. The summed E-state index contributed by atoms with van der Waals surface area (Å²) in [6, 6.07) is 2.72. The number of rotatable bonds is 6. The number of carbonyl (C=O) groups is 1. The van der Waals surface area contributed by atoms with Crippen LogP contribution in [0.3, 0.4) is 0 Å². The van der Waals surface area contributed by atoms with Gasteiger partial charge in [0.25, 0.3) is 0 Å². The molecule has 35 heavy (non-hydrogen) atoms. The van der Waals surface area contributed by atoms with Gasteiger partial charge in [-0.05, 0) is 43.9 Å². The van der Waals surface area contributed by atoms with Crippen LogP contribution < -0.4 is 20.9 Å². The van der Waals surface area contributed by atoms with Gasteiger partial charge in [-0.2, -0.15) is 0 Å². The number of anilines is 1. The van der Waals surface area contributed by atoms with E-state index in [2.05, 4.69) is 4.98 Å². The minimum absolute atomic E-state index is 0.00963. The van der Waals surface area contributed by atoms with E-state index in [-0.39, 0.29) is 22.5 Å². The number of hydrogen-bond donors (Lipinski definition) is 2. The Labute approximate surface area is 206 Å². The molecule has 4 N–H and O–H groups in total. The van der Waals surface area contributed by atoms with Gasteiger partial charge < -0.3 is 30.3 Å². The van der Waals surface area contributed by atoms with Crippen molar-refractivity contribution >= 4 is 39.9 Å². The Kier molecular flexibility index (Phi) is 5.85. The molecule has 1 amide bonds. The molecule has 1 atom stereocenters. The molecule has 1 aliphatic heterocycles. The van der Waals surface area contributed by atoms with Crippen molar-refractivity contribution in [2.24, 2.45) is 5.73 Å². The Morgan fingerprint density at radius 3 is 2.80 bits per heavy atom. The lowest BCUT2D eigenvalue weighted by atomic mass is 9.99. The summed E-state index contributed by atoms with van der Waals surface area (Å²) >= 11 is 6.22.